The summed E-state index contributed by atoms with van der Waals surface area (Å²) in [5.74, 6) is 0.617. The van der Waals surface area contributed by atoms with Crippen LogP contribution in [0.15, 0.2) is 36.4 Å². The maximum atomic E-state index is 12.3. The third-order valence-corrected chi connectivity index (χ3v) is 3.59. The van der Waals surface area contributed by atoms with Crippen LogP contribution in [0.2, 0.25) is 0 Å². The van der Waals surface area contributed by atoms with E-state index in [1.807, 2.05) is 31.2 Å². The van der Waals surface area contributed by atoms with Crippen LogP contribution in [-0.4, -0.2) is 17.4 Å². The SMILES string of the molecule is CCCNc1cc(C(=O)Nc2ccc(I)cc2)cc(C)n1. The van der Waals surface area contributed by atoms with Crippen LogP contribution in [-0.2, 0) is 0 Å². The molecule has 0 fully saturated rings. The first-order chi connectivity index (χ1) is 10.1. The van der Waals surface area contributed by atoms with Crippen molar-refractivity contribution in [1.29, 1.82) is 0 Å². The molecule has 0 atom stereocenters. The molecule has 0 aliphatic carbocycles. The van der Waals surface area contributed by atoms with E-state index in [0.717, 1.165) is 33.7 Å². The lowest BCUT2D eigenvalue weighted by molar-refractivity contribution is 0.102. The van der Waals surface area contributed by atoms with Gasteiger partial charge in [-0.25, -0.2) is 4.98 Å². The van der Waals surface area contributed by atoms with E-state index in [-0.39, 0.29) is 5.91 Å². The van der Waals surface area contributed by atoms with Gasteiger partial charge in [-0.1, -0.05) is 6.92 Å². The smallest absolute Gasteiger partial charge is 0.255 e. The number of pyridine rings is 1. The van der Waals surface area contributed by atoms with Gasteiger partial charge in [-0.05, 0) is 72.3 Å². The van der Waals surface area contributed by atoms with E-state index in [0.29, 0.717) is 5.56 Å². The molecule has 0 spiro atoms. The van der Waals surface area contributed by atoms with E-state index < -0.39 is 0 Å². The second-order valence-corrected chi connectivity index (χ2v) is 6.02. The molecule has 1 amide bonds. The average molecular weight is 395 g/mol. The standard InChI is InChI=1S/C16H18IN3O/c1-3-8-18-15-10-12(9-11(2)19-15)16(21)20-14-6-4-13(17)5-7-14/h4-7,9-10H,3,8H2,1-2H3,(H,18,19)(H,20,21). The third-order valence-electron chi connectivity index (χ3n) is 2.87. The topological polar surface area (TPSA) is 54.0 Å². The highest BCUT2D eigenvalue weighted by Gasteiger charge is 2.09. The third kappa shape index (κ3) is 4.70. The minimum atomic E-state index is -0.124. The zero-order valence-electron chi connectivity index (χ0n) is 12.1. The molecular formula is C16H18IN3O. The number of nitrogens with zero attached hydrogens (tertiary/aromatic N) is 1. The maximum absolute atomic E-state index is 12.3. The summed E-state index contributed by atoms with van der Waals surface area (Å²) >= 11 is 2.23. The molecule has 2 N–H and O–H groups in total. The van der Waals surface area contributed by atoms with Crippen molar-refractivity contribution in [3.8, 4) is 0 Å². The lowest BCUT2D eigenvalue weighted by Crippen LogP contribution is -2.13. The number of anilines is 2. The zero-order valence-corrected chi connectivity index (χ0v) is 14.3. The van der Waals surface area contributed by atoms with Crippen molar-refractivity contribution in [3.05, 3.63) is 51.2 Å². The second-order valence-electron chi connectivity index (χ2n) is 4.77. The molecule has 1 aromatic heterocycles. The van der Waals surface area contributed by atoms with Crippen LogP contribution in [0, 0.1) is 10.5 Å². The Hall–Kier alpha value is -1.63. The fourth-order valence-corrected chi connectivity index (χ4v) is 2.24. The van der Waals surface area contributed by atoms with E-state index in [2.05, 4.69) is 45.1 Å². The van der Waals surface area contributed by atoms with Gasteiger partial charge >= 0.3 is 0 Å². The number of carbonyl (C=O) groups is 1. The molecule has 110 valence electrons. The molecule has 5 heteroatoms. The number of aryl methyl sites for hydroxylation is 1. The molecule has 0 saturated heterocycles. The zero-order chi connectivity index (χ0) is 15.2. The molecular weight excluding hydrogens is 377 g/mol. The van der Waals surface area contributed by atoms with Crippen molar-refractivity contribution in [2.45, 2.75) is 20.3 Å². The summed E-state index contributed by atoms with van der Waals surface area (Å²) in [7, 11) is 0. The number of halogens is 1. The lowest BCUT2D eigenvalue weighted by Gasteiger charge is -2.09. The summed E-state index contributed by atoms with van der Waals surface area (Å²) in [5, 5.41) is 6.11. The van der Waals surface area contributed by atoms with Gasteiger partial charge < -0.3 is 10.6 Å². The van der Waals surface area contributed by atoms with Crippen LogP contribution in [0.25, 0.3) is 0 Å². The molecule has 2 aromatic rings. The first kappa shape index (κ1) is 15.8. The van der Waals surface area contributed by atoms with Gasteiger partial charge in [0.15, 0.2) is 0 Å². The lowest BCUT2D eigenvalue weighted by atomic mass is 10.2. The van der Waals surface area contributed by atoms with Gasteiger partial charge in [0.05, 0.1) is 0 Å². The van der Waals surface area contributed by atoms with Crippen molar-refractivity contribution in [2.24, 2.45) is 0 Å². The largest absolute Gasteiger partial charge is 0.370 e. The summed E-state index contributed by atoms with van der Waals surface area (Å²) in [6.07, 6.45) is 1.01. The fraction of sp³-hybridized carbons (Fsp3) is 0.250. The molecule has 1 aromatic carbocycles. The molecule has 21 heavy (non-hydrogen) atoms. The first-order valence-corrected chi connectivity index (χ1v) is 7.96. The maximum Gasteiger partial charge on any atom is 0.255 e. The van der Waals surface area contributed by atoms with Crippen LogP contribution in [0.4, 0.5) is 11.5 Å². The van der Waals surface area contributed by atoms with E-state index in [4.69, 9.17) is 0 Å². The first-order valence-electron chi connectivity index (χ1n) is 6.88. The predicted octanol–water partition coefficient (Wildman–Crippen LogP) is 4.07. The Balaban J connectivity index is 2.14. The molecule has 0 bridgehead atoms. The molecule has 2 rings (SSSR count). The van der Waals surface area contributed by atoms with Gasteiger partial charge in [-0.15, -0.1) is 0 Å². The summed E-state index contributed by atoms with van der Waals surface area (Å²) in [6, 6.07) is 11.3. The molecule has 0 aliphatic rings. The Morgan fingerprint density at radius 2 is 1.95 bits per heavy atom. The Kier molecular flexibility index (Phi) is 5.55. The Labute approximate surface area is 138 Å². The quantitative estimate of drug-likeness (QED) is 0.751. The Bertz CT molecular complexity index is 626. The van der Waals surface area contributed by atoms with Gasteiger partial charge in [0.1, 0.15) is 5.82 Å². The van der Waals surface area contributed by atoms with Crippen molar-refractivity contribution in [1.82, 2.24) is 4.98 Å². The summed E-state index contributed by atoms with van der Waals surface area (Å²) in [4.78, 5) is 16.7. The second kappa shape index (κ2) is 7.40. The minimum absolute atomic E-state index is 0.124. The van der Waals surface area contributed by atoms with Crippen molar-refractivity contribution in [2.75, 3.05) is 17.2 Å². The van der Waals surface area contributed by atoms with Gasteiger partial charge in [0, 0.05) is 27.1 Å². The Morgan fingerprint density at radius 1 is 1.24 bits per heavy atom. The Morgan fingerprint density at radius 3 is 2.62 bits per heavy atom. The van der Waals surface area contributed by atoms with Crippen LogP contribution in [0.3, 0.4) is 0 Å². The molecule has 0 unspecified atom stereocenters. The van der Waals surface area contributed by atoms with Gasteiger partial charge in [-0.3, -0.25) is 4.79 Å². The molecule has 0 saturated carbocycles. The number of carbonyl (C=O) groups excluding carboxylic acids is 1. The van der Waals surface area contributed by atoms with Crippen LogP contribution in [0.5, 0.6) is 0 Å². The summed E-state index contributed by atoms with van der Waals surface area (Å²) in [6.45, 7) is 4.82. The van der Waals surface area contributed by atoms with Gasteiger partial charge in [0.25, 0.3) is 5.91 Å². The van der Waals surface area contributed by atoms with Crippen LogP contribution in [0.1, 0.15) is 29.4 Å². The number of amides is 1. The van der Waals surface area contributed by atoms with Gasteiger partial charge in [0.2, 0.25) is 0 Å². The molecule has 4 nitrogen and oxygen atoms in total. The fourth-order valence-electron chi connectivity index (χ4n) is 1.88. The number of benzene rings is 1. The number of rotatable bonds is 5. The predicted molar refractivity (Wildman–Crippen MR) is 94.9 cm³/mol. The van der Waals surface area contributed by atoms with Crippen LogP contribution < -0.4 is 10.6 Å². The van der Waals surface area contributed by atoms with Crippen molar-refractivity contribution >= 4 is 40.0 Å². The molecule has 0 radical (unpaired) electrons. The van der Waals surface area contributed by atoms with E-state index in [1.165, 1.54) is 0 Å². The highest BCUT2D eigenvalue weighted by Crippen LogP contribution is 2.15. The number of hydrogen-bond acceptors (Lipinski definition) is 3. The number of aromatic nitrogens is 1. The highest BCUT2D eigenvalue weighted by atomic mass is 127. The van der Waals surface area contributed by atoms with Gasteiger partial charge in [-0.2, -0.15) is 0 Å². The van der Waals surface area contributed by atoms with Crippen molar-refractivity contribution in [3.63, 3.8) is 0 Å². The summed E-state index contributed by atoms with van der Waals surface area (Å²) in [5.41, 5.74) is 2.22. The number of hydrogen-bond donors (Lipinski definition) is 2. The monoisotopic (exact) mass is 395 g/mol. The molecule has 0 aliphatic heterocycles. The van der Waals surface area contributed by atoms with E-state index >= 15 is 0 Å². The van der Waals surface area contributed by atoms with E-state index in [9.17, 15) is 4.79 Å². The van der Waals surface area contributed by atoms with Crippen LogP contribution >= 0.6 is 22.6 Å². The highest BCUT2D eigenvalue weighted by molar-refractivity contribution is 14.1. The summed E-state index contributed by atoms with van der Waals surface area (Å²) < 4.78 is 1.14. The molecule has 1 heterocycles. The van der Waals surface area contributed by atoms with Crippen molar-refractivity contribution < 1.29 is 4.79 Å². The minimum Gasteiger partial charge on any atom is -0.370 e. The normalized spacial score (nSPS) is 10.2. The number of nitrogens with one attached hydrogen (secondary N) is 2. The van der Waals surface area contributed by atoms with E-state index in [1.54, 1.807) is 12.1 Å². The average Bonchev–Trinajstić information content (AvgIpc) is 2.47.